The molecule has 2 aromatic carbocycles. The average Bonchev–Trinajstić information content (AvgIpc) is 3.13. The van der Waals surface area contributed by atoms with Gasteiger partial charge >= 0.3 is 0 Å². The van der Waals surface area contributed by atoms with Crippen molar-refractivity contribution in [2.75, 3.05) is 32.1 Å². The van der Waals surface area contributed by atoms with Crippen molar-refractivity contribution < 1.29 is 13.5 Å². The standard InChI is InChI=1S/C21H26F2N4O.HI/c1-14-11-15(7-8-19(14)28-3)12-25-21(24-2)26-16-9-10-27(13-16)20-17(22)5-4-6-18(20)23;/h4-8,11,16H,9-10,12-13H2,1-3H3,(H2,24,25,26);1H. The lowest BCUT2D eigenvalue weighted by Gasteiger charge is -2.21. The molecule has 1 aliphatic heterocycles. The maximum atomic E-state index is 14.0. The number of hydrogen-bond donors (Lipinski definition) is 2. The number of hydrogen-bond acceptors (Lipinski definition) is 3. The van der Waals surface area contributed by atoms with Crippen molar-refractivity contribution in [3.8, 4) is 5.75 Å². The van der Waals surface area contributed by atoms with E-state index in [1.54, 1.807) is 19.1 Å². The molecule has 1 saturated heterocycles. The van der Waals surface area contributed by atoms with Crippen LogP contribution < -0.4 is 20.3 Å². The number of aliphatic imine (C=N–C) groups is 1. The van der Waals surface area contributed by atoms with Crippen LogP contribution in [0.25, 0.3) is 0 Å². The molecule has 29 heavy (non-hydrogen) atoms. The second-order valence-electron chi connectivity index (χ2n) is 6.88. The van der Waals surface area contributed by atoms with Crippen LogP contribution in [0.15, 0.2) is 41.4 Å². The molecule has 1 unspecified atom stereocenters. The van der Waals surface area contributed by atoms with Crippen LogP contribution in [0, 0.1) is 18.6 Å². The van der Waals surface area contributed by atoms with E-state index in [2.05, 4.69) is 21.7 Å². The fourth-order valence-electron chi connectivity index (χ4n) is 3.50. The van der Waals surface area contributed by atoms with Gasteiger partial charge in [0.05, 0.1) is 7.11 Å². The van der Waals surface area contributed by atoms with Crippen LogP contribution >= 0.6 is 24.0 Å². The third-order valence-corrected chi connectivity index (χ3v) is 4.93. The molecule has 2 N–H and O–H groups in total. The minimum absolute atomic E-state index is 0. The third kappa shape index (κ3) is 5.71. The predicted molar refractivity (Wildman–Crippen MR) is 123 cm³/mol. The maximum absolute atomic E-state index is 14.0. The van der Waals surface area contributed by atoms with E-state index in [0.29, 0.717) is 25.6 Å². The SMILES string of the molecule is CN=C(NCc1ccc(OC)c(C)c1)NC1CCN(c2c(F)cccc2F)C1.I. The van der Waals surface area contributed by atoms with Gasteiger partial charge in [-0.1, -0.05) is 18.2 Å². The molecular weight excluding hydrogens is 489 g/mol. The molecular formula is C21H27F2IN4O. The van der Waals surface area contributed by atoms with Crippen molar-refractivity contribution in [1.29, 1.82) is 0 Å². The second-order valence-corrected chi connectivity index (χ2v) is 6.88. The Morgan fingerprint density at radius 3 is 2.59 bits per heavy atom. The monoisotopic (exact) mass is 516 g/mol. The minimum atomic E-state index is -0.530. The zero-order valence-corrected chi connectivity index (χ0v) is 19.2. The zero-order chi connectivity index (χ0) is 20.1. The first-order valence-electron chi connectivity index (χ1n) is 9.31. The molecule has 1 fully saturated rings. The number of benzene rings is 2. The van der Waals surface area contributed by atoms with E-state index in [0.717, 1.165) is 23.3 Å². The van der Waals surface area contributed by atoms with Crippen LogP contribution in [0.2, 0.25) is 0 Å². The fraction of sp³-hybridized carbons (Fsp3) is 0.381. The Bertz CT molecular complexity index is 842. The molecule has 0 amide bonds. The topological polar surface area (TPSA) is 48.9 Å². The van der Waals surface area contributed by atoms with Crippen molar-refractivity contribution >= 4 is 35.6 Å². The van der Waals surface area contributed by atoms with Crippen molar-refractivity contribution in [3.63, 3.8) is 0 Å². The first kappa shape index (κ1) is 23.2. The third-order valence-electron chi connectivity index (χ3n) is 4.93. The van der Waals surface area contributed by atoms with Crippen molar-refractivity contribution in [2.24, 2.45) is 4.99 Å². The van der Waals surface area contributed by atoms with E-state index < -0.39 is 11.6 Å². The quantitative estimate of drug-likeness (QED) is 0.361. The van der Waals surface area contributed by atoms with Crippen LogP contribution in [0.5, 0.6) is 5.75 Å². The molecule has 3 rings (SSSR count). The predicted octanol–water partition coefficient (Wildman–Crippen LogP) is 3.84. The number of nitrogens with zero attached hydrogens (tertiary/aromatic N) is 2. The van der Waals surface area contributed by atoms with E-state index >= 15 is 0 Å². The van der Waals surface area contributed by atoms with E-state index in [1.165, 1.54) is 18.2 Å². The molecule has 0 bridgehead atoms. The molecule has 0 radical (unpaired) electrons. The molecule has 158 valence electrons. The molecule has 0 saturated carbocycles. The number of ether oxygens (including phenoxy) is 1. The first-order chi connectivity index (χ1) is 13.5. The number of anilines is 1. The Morgan fingerprint density at radius 1 is 1.24 bits per heavy atom. The second kappa shape index (κ2) is 10.6. The van der Waals surface area contributed by atoms with Crippen molar-refractivity contribution in [1.82, 2.24) is 10.6 Å². The van der Waals surface area contributed by atoms with Gasteiger partial charge in [-0.25, -0.2) is 8.78 Å². The van der Waals surface area contributed by atoms with Gasteiger partial charge < -0.3 is 20.3 Å². The lowest BCUT2D eigenvalue weighted by molar-refractivity contribution is 0.411. The summed E-state index contributed by atoms with van der Waals surface area (Å²) >= 11 is 0. The van der Waals surface area contributed by atoms with Gasteiger partial charge in [0.15, 0.2) is 5.96 Å². The van der Waals surface area contributed by atoms with Crippen LogP contribution in [0.1, 0.15) is 17.5 Å². The maximum Gasteiger partial charge on any atom is 0.191 e. The summed E-state index contributed by atoms with van der Waals surface area (Å²) in [6, 6.07) is 10.0. The average molecular weight is 516 g/mol. The van der Waals surface area contributed by atoms with Crippen LogP contribution in [-0.2, 0) is 6.54 Å². The molecule has 0 spiro atoms. The number of nitrogens with one attached hydrogen (secondary N) is 2. The van der Waals surface area contributed by atoms with Crippen molar-refractivity contribution in [3.05, 3.63) is 59.2 Å². The van der Waals surface area contributed by atoms with Gasteiger partial charge in [-0.3, -0.25) is 4.99 Å². The van der Waals surface area contributed by atoms with E-state index in [1.807, 2.05) is 19.1 Å². The molecule has 2 aromatic rings. The number of para-hydroxylation sites is 1. The highest BCUT2D eigenvalue weighted by atomic mass is 127. The molecule has 1 atom stereocenters. The van der Waals surface area contributed by atoms with Crippen LogP contribution in [0.3, 0.4) is 0 Å². The van der Waals surface area contributed by atoms with Gasteiger partial charge in [0.1, 0.15) is 23.1 Å². The van der Waals surface area contributed by atoms with Gasteiger partial charge in [-0.15, -0.1) is 24.0 Å². The fourth-order valence-corrected chi connectivity index (χ4v) is 3.50. The van der Waals surface area contributed by atoms with Gasteiger partial charge in [0, 0.05) is 32.7 Å². The molecule has 5 nitrogen and oxygen atoms in total. The summed E-state index contributed by atoms with van der Waals surface area (Å²) in [4.78, 5) is 6.00. The Morgan fingerprint density at radius 2 is 1.97 bits per heavy atom. The Hall–Kier alpha value is -2.10. The van der Waals surface area contributed by atoms with Gasteiger partial charge in [-0.2, -0.15) is 0 Å². The molecule has 8 heteroatoms. The summed E-state index contributed by atoms with van der Waals surface area (Å²) in [7, 11) is 3.36. The Balaban J connectivity index is 0.00000300. The largest absolute Gasteiger partial charge is 0.496 e. The normalized spacial score (nSPS) is 16.4. The van der Waals surface area contributed by atoms with Crippen LogP contribution in [0.4, 0.5) is 14.5 Å². The van der Waals surface area contributed by atoms with Gasteiger partial charge in [-0.05, 0) is 42.7 Å². The number of methoxy groups -OCH3 is 1. The summed E-state index contributed by atoms with van der Waals surface area (Å²) in [5, 5.41) is 6.63. The minimum Gasteiger partial charge on any atom is -0.496 e. The smallest absolute Gasteiger partial charge is 0.191 e. The summed E-state index contributed by atoms with van der Waals surface area (Å²) in [5.74, 6) is 0.461. The highest BCUT2D eigenvalue weighted by Gasteiger charge is 2.27. The number of halogens is 3. The molecule has 0 aromatic heterocycles. The summed E-state index contributed by atoms with van der Waals surface area (Å²) in [5.41, 5.74) is 2.23. The molecule has 0 aliphatic carbocycles. The highest BCUT2D eigenvalue weighted by Crippen LogP contribution is 2.26. The lowest BCUT2D eigenvalue weighted by Crippen LogP contribution is -2.44. The Labute approximate surface area is 187 Å². The van der Waals surface area contributed by atoms with E-state index in [4.69, 9.17) is 4.74 Å². The Kier molecular flexibility index (Phi) is 8.48. The van der Waals surface area contributed by atoms with Crippen molar-refractivity contribution in [2.45, 2.75) is 25.9 Å². The summed E-state index contributed by atoms with van der Waals surface area (Å²) in [6.07, 6.45) is 0.774. The molecule has 1 heterocycles. The number of guanidine groups is 1. The van der Waals surface area contributed by atoms with Crippen LogP contribution in [-0.4, -0.2) is 39.2 Å². The van der Waals surface area contributed by atoms with Gasteiger partial charge in [0.2, 0.25) is 0 Å². The first-order valence-corrected chi connectivity index (χ1v) is 9.31. The highest BCUT2D eigenvalue weighted by molar-refractivity contribution is 14.0. The number of aryl methyl sites for hydroxylation is 1. The van der Waals surface area contributed by atoms with E-state index in [-0.39, 0.29) is 35.7 Å². The summed E-state index contributed by atoms with van der Waals surface area (Å²) < 4.78 is 33.3. The van der Waals surface area contributed by atoms with Gasteiger partial charge in [0.25, 0.3) is 0 Å². The number of rotatable bonds is 5. The molecule has 1 aliphatic rings. The lowest BCUT2D eigenvalue weighted by atomic mass is 10.1. The zero-order valence-electron chi connectivity index (χ0n) is 16.8. The van der Waals surface area contributed by atoms with E-state index in [9.17, 15) is 8.78 Å². The summed E-state index contributed by atoms with van der Waals surface area (Å²) in [6.45, 7) is 3.72.